The highest BCUT2D eigenvalue weighted by Gasteiger charge is 2.50. The lowest BCUT2D eigenvalue weighted by atomic mass is 9.65. The molecule has 5 rings (SSSR count). The van der Waals surface area contributed by atoms with Gasteiger partial charge in [0.15, 0.2) is 0 Å². The lowest BCUT2D eigenvalue weighted by Gasteiger charge is -2.46. The van der Waals surface area contributed by atoms with Gasteiger partial charge in [-0.05, 0) is 54.3 Å². The van der Waals surface area contributed by atoms with Crippen molar-refractivity contribution in [3.8, 4) is 0 Å². The van der Waals surface area contributed by atoms with Crippen molar-refractivity contribution in [1.82, 2.24) is 14.5 Å². The minimum atomic E-state index is -0.130. The van der Waals surface area contributed by atoms with Gasteiger partial charge in [-0.25, -0.2) is 4.98 Å². The van der Waals surface area contributed by atoms with Gasteiger partial charge in [0.05, 0.1) is 15.9 Å². The number of carbonyl (C=O) groups excluding carboxylic acids is 2. The third kappa shape index (κ3) is 3.06. The number of hydrogen-bond donors (Lipinski definition) is 1. The van der Waals surface area contributed by atoms with Crippen molar-refractivity contribution in [3.05, 3.63) is 59.3 Å². The molecule has 3 heterocycles. The van der Waals surface area contributed by atoms with Gasteiger partial charge in [-0.1, -0.05) is 24.8 Å². The number of imidazole rings is 1. The van der Waals surface area contributed by atoms with Crippen molar-refractivity contribution in [2.45, 2.75) is 25.3 Å². The number of fused-ring (bicyclic) bond motifs is 1. The second kappa shape index (κ2) is 6.84. The van der Waals surface area contributed by atoms with E-state index >= 15 is 0 Å². The van der Waals surface area contributed by atoms with E-state index in [9.17, 15) is 9.59 Å². The summed E-state index contributed by atoms with van der Waals surface area (Å²) < 4.78 is 2.17. The summed E-state index contributed by atoms with van der Waals surface area (Å²) in [4.78, 5) is 31.8. The molecule has 1 aromatic carbocycles. The topological polar surface area (TPSA) is 67.2 Å². The standard InChI is InChI=1S/C22H22N4O2S/c1-2-19(27)25-10-9-22(14-25)12-15(13-22)26-17-7-4-3-6-16(17)23-21(26)24-20(28)18-8-5-11-29-18/h2-8,11,15H,1,9-10,12-14H2,(H,23,24,28)/t15-,22-. The molecule has 0 unspecified atom stereocenters. The van der Waals surface area contributed by atoms with Crippen molar-refractivity contribution in [2.24, 2.45) is 5.41 Å². The number of benzene rings is 1. The van der Waals surface area contributed by atoms with Crippen LogP contribution in [0.1, 0.15) is 35.0 Å². The van der Waals surface area contributed by atoms with Crippen LogP contribution in [0.25, 0.3) is 11.0 Å². The number of amides is 2. The molecule has 1 aliphatic carbocycles. The lowest BCUT2D eigenvalue weighted by Crippen LogP contribution is -2.42. The second-order valence-corrected chi connectivity index (χ2v) is 8.95. The molecule has 29 heavy (non-hydrogen) atoms. The highest BCUT2D eigenvalue weighted by Crippen LogP contribution is 2.55. The minimum absolute atomic E-state index is 0.0160. The van der Waals surface area contributed by atoms with Gasteiger partial charge in [0, 0.05) is 19.1 Å². The molecular weight excluding hydrogens is 384 g/mol. The zero-order chi connectivity index (χ0) is 20.0. The molecule has 1 spiro atoms. The smallest absolute Gasteiger partial charge is 0.268 e. The predicted molar refractivity (Wildman–Crippen MR) is 114 cm³/mol. The number of carbonyl (C=O) groups is 2. The largest absolute Gasteiger partial charge is 0.339 e. The van der Waals surface area contributed by atoms with E-state index in [1.54, 1.807) is 0 Å². The van der Waals surface area contributed by atoms with Crippen LogP contribution in [0.3, 0.4) is 0 Å². The van der Waals surface area contributed by atoms with Crippen molar-refractivity contribution in [1.29, 1.82) is 0 Å². The Labute approximate surface area is 172 Å². The van der Waals surface area contributed by atoms with Gasteiger partial charge in [0.25, 0.3) is 5.91 Å². The summed E-state index contributed by atoms with van der Waals surface area (Å²) in [6.45, 7) is 5.19. The number of aromatic nitrogens is 2. The molecule has 3 aromatic rings. The first kappa shape index (κ1) is 18.1. The highest BCUT2D eigenvalue weighted by molar-refractivity contribution is 7.12. The zero-order valence-corrected chi connectivity index (χ0v) is 16.8. The molecule has 1 N–H and O–H groups in total. The summed E-state index contributed by atoms with van der Waals surface area (Å²) >= 11 is 1.42. The normalized spacial score (nSPS) is 23.3. The van der Waals surface area contributed by atoms with Gasteiger partial charge in [0.2, 0.25) is 11.9 Å². The maximum Gasteiger partial charge on any atom is 0.268 e. The van der Waals surface area contributed by atoms with E-state index in [0.717, 1.165) is 43.4 Å². The molecule has 1 saturated heterocycles. The monoisotopic (exact) mass is 406 g/mol. The number of thiophene rings is 1. The summed E-state index contributed by atoms with van der Waals surface area (Å²) in [5, 5.41) is 4.90. The third-order valence-electron chi connectivity index (χ3n) is 6.19. The van der Waals surface area contributed by atoms with Gasteiger partial charge < -0.3 is 9.47 Å². The van der Waals surface area contributed by atoms with E-state index in [4.69, 9.17) is 4.98 Å². The van der Waals surface area contributed by atoms with E-state index in [1.807, 2.05) is 40.6 Å². The molecule has 0 radical (unpaired) electrons. The molecule has 0 atom stereocenters. The van der Waals surface area contributed by atoms with Crippen LogP contribution in [0.5, 0.6) is 0 Å². The van der Waals surface area contributed by atoms with Crippen LogP contribution in [-0.2, 0) is 4.79 Å². The Kier molecular flexibility index (Phi) is 4.28. The lowest BCUT2D eigenvalue weighted by molar-refractivity contribution is -0.125. The Morgan fingerprint density at radius 2 is 2.07 bits per heavy atom. The van der Waals surface area contributed by atoms with E-state index in [0.29, 0.717) is 10.8 Å². The Morgan fingerprint density at radius 3 is 2.83 bits per heavy atom. The summed E-state index contributed by atoms with van der Waals surface area (Å²) in [6, 6.07) is 11.9. The fourth-order valence-electron chi connectivity index (χ4n) is 4.78. The first-order valence-corrected chi connectivity index (χ1v) is 10.7. The minimum Gasteiger partial charge on any atom is -0.339 e. The summed E-state index contributed by atoms with van der Waals surface area (Å²) in [6.07, 6.45) is 4.38. The van der Waals surface area contributed by atoms with Crippen molar-refractivity contribution in [2.75, 3.05) is 18.4 Å². The number of nitrogens with zero attached hydrogens (tertiary/aromatic N) is 3. The molecule has 2 aromatic heterocycles. The van der Waals surface area contributed by atoms with Gasteiger partial charge in [-0.2, -0.15) is 0 Å². The average molecular weight is 407 g/mol. The van der Waals surface area contributed by atoms with Crippen LogP contribution in [0.4, 0.5) is 5.95 Å². The highest BCUT2D eigenvalue weighted by atomic mass is 32.1. The van der Waals surface area contributed by atoms with Crippen LogP contribution in [0.2, 0.25) is 0 Å². The number of para-hydroxylation sites is 2. The Hall–Kier alpha value is -2.93. The molecule has 1 saturated carbocycles. The molecule has 1 aliphatic heterocycles. The van der Waals surface area contributed by atoms with E-state index in [-0.39, 0.29) is 23.3 Å². The molecule has 148 valence electrons. The van der Waals surface area contributed by atoms with Crippen LogP contribution in [-0.4, -0.2) is 39.4 Å². The van der Waals surface area contributed by atoms with Crippen molar-refractivity contribution >= 4 is 40.1 Å². The first-order valence-electron chi connectivity index (χ1n) is 9.82. The molecule has 6 nitrogen and oxygen atoms in total. The SMILES string of the molecule is C=CC(=O)N1CC[C@]2(C1)C[C@H](n1c(NC(=O)c3cccs3)nc3ccccc31)C2. The quantitative estimate of drug-likeness (QED) is 0.664. The molecule has 2 amide bonds. The maximum absolute atomic E-state index is 12.6. The van der Waals surface area contributed by atoms with E-state index < -0.39 is 0 Å². The second-order valence-electron chi connectivity index (χ2n) is 8.00. The Morgan fingerprint density at radius 1 is 1.24 bits per heavy atom. The Bertz CT molecular complexity index is 1100. The van der Waals surface area contributed by atoms with Crippen molar-refractivity contribution in [3.63, 3.8) is 0 Å². The first-order chi connectivity index (χ1) is 14.1. The van der Waals surface area contributed by atoms with Gasteiger partial charge in [0.1, 0.15) is 0 Å². The number of hydrogen-bond acceptors (Lipinski definition) is 4. The van der Waals surface area contributed by atoms with Crippen LogP contribution in [0, 0.1) is 5.41 Å². The zero-order valence-electron chi connectivity index (χ0n) is 16.0. The van der Waals surface area contributed by atoms with Crippen LogP contribution < -0.4 is 5.32 Å². The maximum atomic E-state index is 12.6. The van der Waals surface area contributed by atoms with E-state index in [2.05, 4.69) is 22.5 Å². The van der Waals surface area contributed by atoms with Crippen LogP contribution >= 0.6 is 11.3 Å². The van der Waals surface area contributed by atoms with Gasteiger partial charge in [-0.3, -0.25) is 14.9 Å². The molecule has 2 aliphatic rings. The number of anilines is 1. The third-order valence-corrected chi connectivity index (χ3v) is 7.06. The Balaban J connectivity index is 1.41. The van der Waals surface area contributed by atoms with Crippen molar-refractivity contribution < 1.29 is 9.59 Å². The number of rotatable bonds is 4. The van der Waals surface area contributed by atoms with E-state index in [1.165, 1.54) is 17.4 Å². The van der Waals surface area contributed by atoms with Crippen LogP contribution in [0.15, 0.2) is 54.4 Å². The summed E-state index contributed by atoms with van der Waals surface area (Å²) in [5.74, 6) is 0.484. The number of likely N-dealkylation sites (tertiary alicyclic amines) is 1. The fraction of sp³-hybridized carbons (Fsp3) is 0.318. The van der Waals surface area contributed by atoms with Gasteiger partial charge in [-0.15, -0.1) is 11.3 Å². The van der Waals surface area contributed by atoms with Gasteiger partial charge >= 0.3 is 0 Å². The fourth-order valence-corrected chi connectivity index (χ4v) is 5.40. The number of nitrogens with one attached hydrogen (secondary N) is 1. The predicted octanol–water partition coefficient (Wildman–Crippen LogP) is 4.09. The summed E-state index contributed by atoms with van der Waals surface area (Å²) in [7, 11) is 0. The molecular formula is C22H22N4O2S. The molecule has 0 bridgehead atoms. The molecule has 2 fully saturated rings. The molecule has 7 heteroatoms. The summed E-state index contributed by atoms with van der Waals surface area (Å²) in [5.41, 5.74) is 2.08. The average Bonchev–Trinajstić information content (AvgIpc) is 3.43.